The van der Waals surface area contributed by atoms with Gasteiger partial charge in [-0.2, -0.15) is 0 Å². The van der Waals surface area contributed by atoms with E-state index in [-0.39, 0.29) is 5.41 Å². The Morgan fingerprint density at radius 3 is 1.82 bits per heavy atom. The Kier molecular flexibility index (Phi) is 9.43. The van der Waals surface area contributed by atoms with E-state index < -0.39 is 0 Å². The number of benzene rings is 10. The summed E-state index contributed by atoms with van der Waals surface area (Å²) in [6.07, 6.45) is 2.14. The van der Waals surface area contributed by atoms with E-state index in [2.05, 4.69) is 232 Å². The molecule has 0 unspecified atom stereocenters. The van der Waals surface area contributed by atoms with Crippen molar-refractivity contribution in [3.63, 3.8) is 0 Å². The number of hydrogen-bond donors (Lipinski definition) is 0. The van der Waals surface area contributed by atoms with Crippen molar-refractivity contribution in [1.82, 2.24) is 14.5 Å². The van der Waals surface area contributed by atoms with E-state index in [9.17, 15) is 0 Å². The molecule has 0 saturated heterocycles. The molecule has 3 heteroatoms. The Morgan fingerprint density at radius 1 is 0.455 bits per heavy atom. The minimum absolute atomic E-state index is 0.130. The first kappa shape index (κ1) is 39.7. The average molecular weight is 848 g/mol. The van der Waals surface area contributed by atoms with Crippen LogP contribution in [0.25, 0.3) is 104 Å². The van der Waals surface area contributed by atoms with Crippen molar-refractivity contribution in [1.29, 1.82) is 0 Å². The standard InChI is InChI=1S/C60H41N3.C3H8/c1-60(2)53-31-30-43(33-44(53)35-51-47-19-8-6-14-38(47)29-32-54(51)60)48-22-12-23-49-52-34-41-15-3-4-16-42(41)36-56(52)63(58(48)49)59-61-55-24-10-9-20-50(55)57(62-59)40-27-25-39(26-28-40)46-21-11-17-37-13-5-7-18-45(37)46;1-3-2/h3-34,36H,35H2,1-2H3;3H2,1-2H3. The van der Waals surface area contributed by atoms with Crippen molar-refractivity contribution >= 4 is 65.0 Å². The molecule has 2 aromatic heterocycles. The highest BCUT2D eigenvalue weighted by Crippen LogP contribution is 2.46. The maximum absolute atomic E-state index is 5.58. The highest BCUT2D eigenvalue weighted by molar-refractivity contribution is 6.17. The molecular weight excluding hydrogens is 799 g/mol. The first-order chi connectivity index (χ1) is 32.4. The van der Waals surface area contributed by atoms with Gasteiger partial charge in [-0.3, -0.25) is 4.57 Å². The van der Waals surface area contributed by atoms with E-state index >= 15 is 0 Å². The molecular formula is C63H49N3. The summed E-state index contributed by atoms with van der Waals surface area (Å²) < 4.78 is 2.33. The minimum atomic E-state index is -0.130. The van der Waals surface area contributed by atoms with Crippen molar-refractivity contribution in [2.75, 3.05) is 0 Å². The van der Waals surface area contributed by atoms with Gasteiger partial charge in [-0.15, -0.1) is 0 Å². The molecule has 0 saturated carbocycles. The monoisotopic (exact) mass is 847 g/mol. The predicted octanol–water partition coefficient (Wildman–Crippen LogP) is 16.8. The summed E-state index contributed by atoms with van der Waals surface area (Å²) in [7, 11) is 0. The van der Waals surface area contributed by atoms with E-state index in [4.69, 9.17) is 9.97 Å². The normalized spacial score (nSPS) is 13.0. The van der Waals surface area contributed by atoms with Crippen molar-refractivity contribution in [2.24, 2.45) is 0 Å². The van der Waals surface area contributed by atoms with Crippen LogP contribution in [0.1, 0.15) is 56.4 Å². The molecule has 0 aliphatic heterocycles. The number of rotatable bonds is 4. The van der Waals surface area contributed by atoms with Crippen LogP contribution in [-0.2, 0) is 11.8 Å². The third-order valence-electron chi connectivity index (χ3n) is 13.9. The molecule has 66 heavy (non-hydrogen) atoms. The predicted molar refractivity (Wildman–Crippen MR) is 280 cm³/mol. The molecule has 13 rings (SSSR count). The lowest BCUT2D eigenvalue weighted by atomic mass is 9.67. The van der Waals surface area contributed by atoms with Crippen LogP contribution >= 0.6 is 0 Å². The zero-order valence-electron chi connectivity index (χ0n) is 37.8. The summed E-state index contributed by atoms with van der Waals surface area (Å²) in [6, 6.07) is 73.2. The van der Waals surface area contributed by atoms with Crippen molar-refractivity contribution in [3.8, 4) is 39.5 Å². The molecule has 1 aliphatic carbocycles. The lowest BCUT2D eigenvalue weighted by Gasteiger charge is -2.36. The average Bonchev–Trinajstić information content (AvgIpc) is 3.68. The number of fused-ring (bicyclic) bond motifs is 10. The van der Waals surface area contributed by atoms with Crippen LogP contribution in [0.15, 0.2) is 200 Å². The van der Waals surface area contributed by atoms with Gasteiger partial charge in [0.2, 0.25) is 5.95 Å². The van der Waals surface area contributed by atoms with Crippen LogP contribution in [0.3, 0.4) is 0 Å². The smallest absolute Gasteiger partial charge is 0.235 e. The van der Waals surface area contributed by atoms with Gasteiger partial charge in [-0.1, -0.05) is 216 Å². The molecule has 0 spiro atoms. The second kappa shape index (κ2) is 15.7. The molecule has 0 atom stereocenters. The van der Waals surface area contributed by atoms with Gasteiger partial charge in [-0.25, -0.2) is 9.97 Å². The van der Waals surface area contributed by atoms with Gasteiger partial charge in [0.1, 0.15) is 0 Å². The Balaban J connectivity index is 0.00000148. The van der Waals surface area contributed by atoms with Crippen LogP contribution < -0.4 is 0 Å². The lowest BCUT2D eigenvalue weighted by Crippen LogP contribution is -2.27. The quantitative estimate of drug-likeness (QED) is 0.177. The minimum Gasteiger partial charge on any atom is -0.277 e. The number of para-hydroxylation sites is 2. The molecule has 10 aromatic carbocycles. The van der Waals surface area contributed by atoms with Crippen molar-refractivity contribution in [3.05, 3.63) is 222 Å². The fourth-order valence-corrected chi connectivity index (χ4v) is 10.8. The van der Waals surface area contributed by atoms with E-state index in [1.165, 1.54) is 88.5 Å². The molecule has 0 radical (unpaired) electrons. The third-order valence-corrected chi connectivity index (χ3v) is 13.9. The molecule has 316 valence electrons. The van der Waals surface area contributed by atoms with Gasteiger partial charge in [-0.05, 0) is 95.9 Å². The highest BCUT2D eigenvalue weighted by atomic mass is 15.2. The maximum atomic E-state index is 5.58. The van der Waals surface area contributed by atoms with Crippen LogP contribution in [0, 0.1) is 0 Å². The van der Waals surface area contributed by atoms with E-state index in [0.717, 1.165) is 45.2 Å². The summed E-state index contributed by atoms with van der Waals surface area (Å²) in [5, 5.41) is 10.9. The Morgan fingerprint density at radius 2 is 1.03 bits per heavy atom. The van der Waals surface area contributed by atoms with Crippen LogP contribution in [0.5, 0.6) is 0 Å². The third kappa shape index (κ3) is 6.33. The first-order valence-electron chi connectivity index (χ1n) is 23.4. The lowest BCUT2D eigenvalue weighted by molar-refractivity contribution is 0.613. The summed E-state index contributed by atoms with van der Waals surface area (Å²) >= 11 is 0. The molecule has 0 bridgehead atoms. The van der Waals surface area contributed by atoms with E-state index in [1.54, 1.807) is 0 Å². The SMILES string of the molecule is CC1(C)c2ccc(-c3cccc4c5cc6ccccc6cc5n(-c5nc(-c6ccc(-c7cccc8ccccc78)cc6)c6ccccc6n5)c34)cc2Cc2c1ccc1ccccc21.CCC. The second-order valence-electron chi connectivity index (χ2n) is 18.4. The summed E-state index contributed by atoms with van der Waals surface area (Å²) in [5.41, 5.74) is 15.3. The molecule has 3 nitrogen and oxygen atoms in total. The van der Waals surface area contributed by atoms with Gasteiger partial charge in [0.25, 0.3) is 0 Å². The van der Waals surface area contributed by atoms with E-state index in [1.807, 2.05) is 0 Å². The van der Waals surface area contributed by atoms with Gasteiger partial charge >= 0.3 is 0 Å². The molecule has 0 N–H and O–H groups in total. The summed E-state index contributed by atoms with van der Waals surface area (Å²) in [4.78, 5) is 11.0. The van der Waals surface area contributed by atoms with Crippen LogP contribution in [-0.4, -0.2) is 14.5 Å². The van der Waals surface area contributed by atoms with Gasteiger partial charge in [0.15, 0.2) is 0 Å². The van der Waals surface area contributed by atoms with Gasteiger partial charge in [0, 0.05) is 32.7 Å². The van der Waals surface area contributed by atoms with E-state index in [0.29, 0.717) is 5.95 Å². The fraction of sp³-hybridized carbons (Fsp3) is 0.111. The first-order valence-corrected chi connectivity index (χ1v) is 23.4. The Bertz CT molecular complexity index is 3870. The number of aromatic nitrogens is 3. The topological polar surface area (TPSA) is 30.7 Å². The Labute approximate surface area is 385 Å². The maximum Gasteiger partial charge on any atom is 0.235 e. The van der Waals surface area contributed by atoms with Crippen molar-refractivity contribution < 1.29 is 0 Å². The fourth-order valence-electron chi connectivity index (χ4n) is 10.8. The Hall–Kier alpha value is -7.88. The molecule has 2 heterocycles. The highest BCUT2D eigenvalue weighted by Gasteiger charge is 2.33. The van der Waals surface area contributed by atoms with Crippen LogP contribution in [0.2, 0.25) is 0 Å². The number of nitrogens with zero attached hydrogens (tertiary/aromatic N) is 3. The number of hydrogen-bond acceptors (Lipinski definition) is 2. The van der Waals surface area contributed by atoms with Gasteiger partial charge in [0.05, 0.1) is 22.2 Å². The molecule has 12 aromatic rings. The largest absolute Gasteiger partial charge is 0.277 e. The summed E-state index contributed by atoms with van der Waals surface area (Å²) in [6.45, 7) is 9.01. The molecule has 0 amide bonds. The molecule has 0 fully saturated rings. The summed E-state index contributed by atoms with van der Waals surface area (Å²) in [5.74, 6) is 0.657. The van der Waals surface area contributed by atoms with Crippen LogP contribution in [0.4, 0.5) is 0 Å². The molecule has 1 aliphatic rings. The second-order valence-corrected chi connectivity index (χ2v) is 18.4. The zero-order chi connectivity index (χ0) is 44.5. The van der Waals surface area contributed by atoms with Gasteiger partial charge < -0.3 is 0 Å². The zero-order valence-corrected chi connectivity index (χ0v) is 37.8. The van der Waals surface area contributed by atoms with Crippen molar-refractivity contribution in [2.45, 2.75) is 46.0 Å².